The number of benzene rings is 3. The number of aromatic nitrogens is 1. The molecule has 4 aromatic rings. The molecule has 0 bridgehead atoms. The number of nitrogens with one attached hydrogen (secondary N) is 3. The molecule has 5 rings (SSSR count). The minimum Gasteiger partial charge on any atom is -0.494 e. The molecule has 3 aromatic carbocycles. The summed E-state index contributed by atoms with van der Waals surface area (Å²) in [7, 11) is 0. The van der Waals surface area contributed by atoms with Gasteiger partial charge in [-0.2, -0.15) is 0 Å². The molecule has 5 nitrogen and oxygen atoms in total. The topological polar surface area (TPSA) is 66.2 Å². The quantitative estimate of drug-likeness (QED) is 0.274. The van der Waals surface area contributed by atoms with Gasteiger partial charge in [-0.25, -0.2) is 0 Å². The van der Waals surface area contributed by atoms with Gasteiger partial charge in [-0.15, -0.1) is 0 Å². The Bertz CT molecular complexity index is 1290. The zero-order valence-corrected chi connectivity index (χ0v) is 21.1. The molecule has 0 spiro atoms. The van der Waals surface area contributed by atoms with E-state index in [2.05, 4.69) is 70.2 Å². The molecule has 2 unspecified atom stereocenters. The number of ether oxygens (including phenoxy) is 1. The highest BCUT2D eigenvalue weighted by Crippen LogP contribution is 2.39. The van der Waals surface area contributed by atoms with Crippen molar-refractivity contribution in [2.75, 3.05) is 13.2 Å². The molecule has 186 valence electrons. The van der Waals surface area contributed by atoms with Crippen LogP contribution in [-0.2, 0) is 0 Å². The SMILES string of the molecule is CC(C)NC(=O)c1[nH]c2ccccc2c1C(c1ccccc1)c1ccc(OCCC2CCCN2)cc1. The molecule has 1 aromatic heterocycles. The first-order valence-electron chi connectivity index (χ1n) is 13.0. The lowest BCUT2D eigenvalue weighted by Crippen LogP contribution is -2.31. The monoisotopic (exact) mass is 481 g/mol. The molecule has 2 atom stereocenters. The van der Waals surface area contributed by atoms with Crippen LogP contribution in [-0.4, -0.2) is 36.1 Å². The lowest BCUT2D eigenvalue weighted by Gasteiger charge is -2.21. The molecule has 1 amide bonds. The maximum Gasteiger partial charge on any atom is 0.268 e. The van der Waals surface area contributed by atoms with Gasteiger partial charge in [0.1, 0.15) is 11.4 Å². The lowest BCUT2D eigenvalue weighted by molar-refractivity contribution is 0.0938. The minimum absolute atomic E-state index is 0.0443. The summed E-state index contributed by atoms with van der Waals surface area (Å²) < 4.78 is 6.06. The van der Waals surface area contributed by atoms with Crippen molar-refractivity contribution in [3.8, 4) is 5.75 Å². The van der Waals surface area contributed by atoms with Crippen LogP contribution in [0.15, 0.2) is 78.9 Å². The molecule has 36 heavy (non-hydrogen) atoms. The van der Waals surface area contributed by atoms with Gasteiger partial charge in [0.25, 0.3) is 5.91 Å². The van der Waals surface area contributed by atoms with E-state index in [-0.39, 0.29) is 17.9 Å². The molecule has 0 aliphatic carbocycles. The highest BCUT2D eigenvalue weighted by molar-refractivity contribution is 6.02. The van der Waals surface area contributed by atoms with Crippen molar-refractivity contribution in [2.24, 2.45) is 0 Å². The Morgan fingerprint density at radius 1 is 0.972 bits per heavy atom. The fraction of sp³-hybridized carbons (Fsp3) is 0.323. The first-order valence-corrected chi connectivity index (χ1v) is 13.0. The van der Waals surface area contributed by atoms with Crippen molar-refractivity contribution in [2.45, 2.75) is 51.1 Å². The van der Waals surface area contributed by atoms with E-state index in [9.17, 15) is 4.79 Å². The lowest BCUT2D eigenvalue weighted by atomic mass is 9.83. The molecule has 1 saturated heterocycles. The van der Waals surface area contributed by atoms with Crippen molar-refractivity contribution in [1.29, 1.82) is 0 Å². The number of carbonyl (C=O) groups excluding carboxylic acids is 1. The van der Waals surface area contributed by atoms with E-state index >= 15 is 0 Å². The van der Waals surface area contributed by atoms with Crippen LogP contribution in [0.1, 0.15) is 66.2 Å². The van der Waals surface area contributed by atoms with Crippen molar-refractivity contribution >= 4 is 16.8 Å². The van der Waals surface area contributed by atoms with Gasteiger partial charge < -0.3 is 20.4 Å². The molecule has 1 fully saturated rings. The van der Waals surface area contributed by atoms with Gasteiger partial charge in [0.15, 0.2) is 0 Å². The Kier molecular flexibility index (Phi) is 7.38. The third kappa shape index (κ3) is 5.31. The number of carbonyl (C=O) groups is 1. The number of H-pyrrole nitrogens is 1. The third-order valence-electron chi connectivity index (χ3n) is 6.93. The van der Waals surface area contributed by atoms with Crippen LogP contribution in [0.25, 0.3) is 10.9 Å². The Morgan fingerprint density at radius 3 is 2.42 bits per heavy atom. The Labute approximate surface area is 213 Å². The maximum absolute atomic E-state index is 13.3. The van der Waals surface area contributed by atoms with Gasteiger partial charge in [0.2, 0.25) is 0 Å². The Balaban J connectivity index is 1.51. The molecule has 5 heteroatoms. The average Bonchev–Trinajstić information content (AvgIpc) is 3.54. The van der Waals surface area contributed by atoms with Crippen LogP contribution in [0.4, 0.5) is 0 Å². The summed E-state index contributed by atoms with van der Waals surface area (Å²) in [5.74, 6) is 0.685. The molecular weight excluding hydrogens is 446 g/mol. The predicted octanol–water partition coefficient (Wildman–Crippen LogP) is 6.01. The van der Waals surface area contributed by atoms with E-state index in [0.29, 0.717) is 18.3 Å². The first-order chi connectivity index (χ1) is 17.6. The fourth-order valence-electron chi connectivity index (χ4n) is 5.23. The molecule has 0 saturated carbocycles. The zero-order chi connectivity index (χ0) is 24.9. The van der Waals surface area contributed by atoms with E-state index in [4.69, 9.17) is 4.74 Å². The number of rotatable bonds is 9. The van der Waals surface area contributed by atoms with E-state index in [0.717, 1.165) is 46.3 Å². The second-order valence-electron chi connectivity index (χ2n) is 9.93. The van der Waals surface area contributed by atoms with Gasteiger partial charge in [-0.3, -0.25) is 4.79 Å². The van der Waals surface area contributed by atoms with E-state index in [1.165, 1.54) is 12.8 Å². The van der Waals surface area contributed by atoms with Crippen LogP contribution in [0.3, 0.4) is 0 Å². The van der Waals surface area contributed by atoms with Crippen molar-refractivity contribution in [1.82, 2.24) is 15.6 Å². The third-order valence-corrected chi connectivity index (χ3v) is 6.93. The summed E-state index contributed by atoms with van der Waals surface area (Å²) in [5.41, 5.74) is 4.83. The molecular formula is C31H35N3O2. The van der Waals surface area contributed by atoms with Crippen molar-refractivity contribution in [3.05, 3.63) is 101 Å². The summed E-state index contributed by atoms with van der Waals surface area (Å²) in [6.07, 6.45) is 3.52. The molecule has 1 aliphatic heterocycles. The number of aromatic amines is 1. The number of amides is 1. The van der Waals surface area contributed by atoms with E-state index in [1.54, 1.807) is 0 Å². The van der Waals surface area contributed by atoms with Crippen LogP contribution >= 0.6 is 0 Å². The number of hydrogen-bond donors (Lipinski definition) is 3. The van der Waals surface area contributed by atoms with Gasteiger partial charge in [0.05, 0.1) is 6.61 Å². The normalized spacial score (nSPS) is 16.4. The highest BCUT2D eigenvalue weighted by Gasteiger charge is 2.27. The number of fused-ring (bicyclic) bond motifs is 1. The largest absolute Gasteiger partial charge is 0.494 e. The van der Waals surface area contributed by atoms with Crippen molar-refractivity contribution < 1.29 is 9.53 Å². The average molecular weight is 482 g/mol. The smallest absolute Gasteiger partial charge is 0.268 e. The standard InChI is InChI=1S/C31H35N3O2/c1-21(2)33-31(35)30-29(26-12-6-7-13-27(26)34-30)28(22-9-4-3-5-10-22)23-14-16-25(17-15-23)36-20-18-24-11-8-19-32-24/h3-7,9-10,12-17,21,24,28,32,34H,8,11,18-20H2,1-2H3,(H,33,35). The maximum atomic E-state index is 13.3. The Hall–Kier alpha value is -3.57. The van der Waals surface area contributed by atoms with Crippen LogP contribution in [0.5, 0.6) is 5.75 Å². The van der Waals surface area contributed by atoms with Gasteiger partial charge >= 0.3 is 0 Å². The Morgan fingerprint density at radius 2 is 1.69 bits per heavy atom. The second-order valence-corrected chi connectivity index (χ2v) is 9.93. The second kappa shape index (κ2) is 11.0. The molecule has 1 aliphatic rings. The van der Waals surface area contributed by atoms with Crippen LogP contribution < -0.4 is 15.4 Å². The predicted molar refractivity (Wildman–Crippen MR) is 146 cm³/mol. The van der Waals surface area contributed by atoms with Gasteiger partial charge in [-0.05, 0) is 69.0 Å². The summed E-state index contributed by atoms with van der Waals surface area (Å²) in [6.45, 7) is 5.79. The molecule has 3 N–H and O–H groups in total. The van der Waals surface area contributed by atoms with Gasteiger partial charge in [0, 0.05) is 34.5 Å². The highest BCUT2D eigenvalue weighted by atomic mass is 16.5. The summed E-state index contributed by atoms with van der Waals surface area (Å²) in [4.78, 5) is 16.7. The summed E-state index contributed by atoms with van der Waals surface area (Å²) in [5, 5.41) is 7.66. The van der Waals surface area contributed by atoms with Crippen molar-refractivity contribution in [3.63, 3.8) is 0 Å². The number of para-hydroxylation sites is 1. The minimum atomic E-state index is -0.105. The molecule has 0 radical (unpaired) electrons. The fourth-order valence-corrected chi connectivity index (χ4v) is 5.23. The number of hydrogen-bond acceptors (Lipinski definition) is 3. The van der Waals surface area contributed by atoms with Gasteiger partial charge in [-0.1, -0.05) is 60.7 Å². The van der Waals surface area contributed by atoms with Crippen LogP contribution in [0.2, 0.25) is 0 Å². The van der Waals surface area contributed by atoms with E-state index in [1.807, 2.05) is 38.1 Å². The van der Waals surface area contributed by atoms with E-state index < -0.39 is 0 Å². The summed E-state index contributed by atoms with van der Waals surface area (Å²) in [6, 6.07) is 27.5. The molecule has 2 heterocycles. The van der Waals surface area contributed by atoms with Crippen LogP contribution in [0, 0.1) is 0 Å². The zero-order valence-electron chi connectivity index (χ0n) is 21.1. The summed E-state index contributed by atoms with van der Waals surface area (Å²) >= 11 is 0. The first kappa shape index (κ1) is 24.1.